The zero-order valence-electron chi connectivity index (χ0n) is 23.0. The summed E-state index contributed by atoms with van der Waals surface area (Å²) in [4.78, 5) is 0. The van der Waals surface area contributed by atoms with E-state index >= 15 is 0 Å². The van der Waals surface area contributed by atoms with E-state index in [0.29, 0.717) is 17.1 Å². The van der Waals surface area contributed by atoms with Gasteiger partial charge in [0.25, 0.3) is 0 Å². The summed E-state index contributed by atoms with van der Waals surface area (Å²) in [5.41, 5.74) is 6.91. The molecule has 2 aliphatic carbocycles. The van der Waals surface area contributed by atoms with Gasteiger partial charge in [-0.1, -0.05) is 104 Å². The lowest BCUT2D eigenvalue weighted by Crippen LogP contribution is -2.27. The molecule has 196 valence electrons. The van der Waals surface area contributed by atoms with Crippen molar-refractivity contribution in [3.05, 3.63) is 125 Å². The minimum Gasteiger partial charge on any atom is -0.508 e. The van der Waals surface area contributed by atoms with Crippen LogP contribution in [0.5, 0.6) is 5.75 Å². The van der Waals surface area contributed by atoms with Gasteiger partial charge in [-0.25, -0.2) is 0 Å². The maximum absolute atomic E-state index is 11.6. The van der Waals surface area contributed by atoms with Crippen molar-refractivity contribution in [1.29, 1.82) is 0 Å². The maximum Gasteiger partial charge on any atom is 0.121 e. The Balaban J connectivity index is 1.43. The number of aryl methyl sites for hydroxylation is 1. The molecule has 0 saturated heterocycles. The molecular weight excluding hydrogens is 474 g/mol. The minimum atomic E-state index is -0.173. The fourth-order valence-corrected chi connectivity index (χ4v) is 7.80. The summed E-state index contributed by atoms with van der Waals surface area (Å²) in [6.45, 7) is 4.73. The van der Waals surface area contributed by atoms with Crippen molar-refractivity contribution in [2.45, 2.75) is 64.0 Å². The molecule has 0 heterocycles. The van der Waals surface area contributed by atoms with Crippen molar-refractivity contribution in [1.82, 2.24) is 5.32 Å². The standard InChI is InChI=1S/C37H37NO/c1-24(25-10-4-3-5-11-25)38-36(32-15-8-13-26-12-6-7-14-27(26)32)35-31-18-17-30-29(28(31)19-20-34(35)39)21-23-37(2)22-9-16-33(30)37/h3-8,10-15,17-20,24,33,36,38-39H,9,16,21-23H2,1-2H3/t24-,33+,36-,37-/m0/s1. The Hall–Kier alpha value is -3.62. The highest BCUT2D eigenvalue weighted by Gasteiger charge is 2.43. The number of rotatable bonds is 5. The summed E-state index contributed by atoms with van der Waals surface area (Å²) in [7, 11) is 0. The Labute approximate surface area is 231 Å². The second kappa shape index (κ2) is 9.54. The fourth-order valence-electron chi connectivity index (χ4n) is 7.80. The third-order valence-corrected chi connectivity index (χ3v) is 9.91. The first-order chi connectivity index (χ1) is 19.0. The molecule has 7 rings (SSSR count). The van der Waals surface area contributed by atoms with E-state index in [1.54, 1.807) is 5.56 Å². The molecule has 5 aromatic rings. The number of phenols is 1. The minimum absolute atomic E-state index is 0.0987. The lowest BCUT2D eigenvalue weighted by atomic mass is 9.66. The zero-order chi connectivity index (χ0) is 26.6. The van der Waals surface area contributed by atoms with Crippen LogP contribution in [0.4, 0.5) is 0 Å². The van der Waals surface area contributed by atoms with Crippen LogP contribution in [0.1, 0.15) is 85.3 Å². The van der Waals surface area contributed by atoms with Crippen LogP contribution in [0.2, 0.25) is 0 Å². The summed E-state index contributed by atoms with van der Waals surface area (Å²) >= 11 is 0. The highest BCUT2D eigenvalue weighted by molar-refractivity contribution is 5.94. The third-order valence-electron chi connectivity index (χ3n) is 9.91. The Kier molecular flexibility index (Phi) is 5.97. The molecule has 39 heavy (non-hydrogen) atoms. The average Bonchev–Trinajstić information content (AvgIpc) is 3.38. The molecule has 0 bridgehead atoms. The van der Waals surface area contributed by atoms with Crippen molar-refractivity contribution in [3.8, 4) is 5.75 Å². The smallest absolute Gasteiger partial charge is 0.121 e. The van der Waals surface area contributed by atoms with Gasteiger partial charge in [-0.15, -0.1) is 0 Å². The lowest BCUT2D eigenvalue weighted by Gasteiger charge is -2.38. The number of phenolic OH excluding ortho intramolecular Hbond substituents is 1. The number of aromatic hydroxyl groups is 1. The van der Waals surface area contributed by atoms with E-state index in [0.717, 1.165) is 12.0 Å². The molecule has 0 aliphatic heterocycles. The molecule has 0 spiro atoms. The van der Waals surface area contributed by atoms with Gasteiger partial charge in [0.1, 0.15) is 5.75 Å². The van der Waals surface area contributed by atoms with Crippen LogP contribution in [0, 0.1) is 5.41 Å². The SMILES string of the molecule is C[C@H](N[C@@H](c1cccc2ccccc12)c1c(O)ccc2c3c(ccc12)[C@H]1CCC[C@@]1(C)CC3)c1ccccc1. The van der Waals surface area contributed by atoms with Crippen molar-refractivity contribution in [2.75, 3.05) is 0 Å². The van der Waals surface area contributed by atoms with Gasteiger partial charge >= 0.3 is 0 Å². The average molecular weight is 512 g/mol. The van der Waals surface area contributed by atoms with Crippen LogP contribution in [-0.2, 0) is 6.42 Å². The number of fused-ring (bicyclic) bond motifs is 6. The zero-order valence-corrected chi connectivity index (χ0v) is 23.0. The van der Waals surface area contributed by atoms with Gasteiger partial charge in [0.05, 0.1) is 6.04 Å². The highest BCUT2D eigenvalue weighted by Crippen LogP contribution is 2.56. The Bertz CT molecular complexity index is 1670. The van der Waals surface area contributed by atoms with E-state index < -0.39 is 0 Å². The van der Waals surface area contributed by atoms with Gasteiger partial charge in [0.15, 0.2) is 0 Å². The molecule has 0 radical (unpaired) electrons. The molecule has 5 aromatic carbocycles. The number of hydrogen-bond donors (Lipinski definition) is 2. The maximum atomic E-state index is 11.6. The van der Waals surface area contributed by atoms with E-state index in [9.17, 15) is 5.11 Å². The summed E-state index contributed by atoms with van der Waals surface area (Å²) in [5.74, 6) is 1.02. The normalized spacial score (nSPS) is 21.9. The van der Waals surface area contributed by atoms with E-state index in [2.05, 4.69) is 110 Å². The Morgan fingerprint density at radius 3 is 2.44 bits per heavy atom. The predicted octanol–water partition coefficient (Wildman–Crippen LogP) is 9.36. The molecule has 1 saturated carbocycles. The Morgan fingerprint density at radius 1 is 0.795 bits per heavy atom. The van der Waals surface area contributed by atoms with Gasteiger partial charge < -0.3 is 5.11 Å². The summed E-state index contributed by atoms with van der Waals surface area (Å²) in [5, 5.41) is 20.4. The molecule has 4 atom stereocenters. The number of benzene rings is 5. The lowest BCUT2D eigenvalue weighted by molar-refractivity contribution is 0.253. The highest BCUT2D eigenvalue weighted by atomic mass is 16.3. The summed E-state index contributed by atoms with van der Waals surface area (Å²) in [6, 6.07) is 34.5. The molecule has 0 amide bonds. The molecule has 0 unspecified atom stereocenters. The van der Waals surface area contributed by atoms with Crippen molar-refractivity contribution >= 4 is 21.5 Å². The quantitative estimate of drug-likeness (QED) is 0.246. The molecule has 2 nitrogen and oxygen atoms in total. The first kappa shape index (κ1) is 24.4. The van der Waals surface area contributed by atoms with Crippen LogP contribution < -0.4 is 5.32 Å². The van der Waals surface area contributed by atoms with E-state index in [1.807, 2.05) is 6.07 Å². The monoisotopic (exact) mass is 511 g/mol. The second-order valence-electron chi connectivity index (χ2n) is 12.1. The van der Waals surface area contributed by atoms with Gasteiger partial charge in [-0.05, 0) is 93.8 Å². The molecule has 1 fully saturated rings. The van der Waals surface area contributed by atoms with Crippen molar-refractivity contribution in [3.63, 3.8) is 0 Å². The van der Waals surface area contributed by atoms with Crippen molar-refractivity contribution in [2.24, 2.45) is 5.41 Å². The van der Waals surface area contributed by atoms with E-state index in [-0.39, 0.29) is 12.1 Å². The van der Waals surface area contributed by atoms with Crippen LogP contribution in [0.3, 0.4) is 0 Å². The van der Waals surface area contributed by atoms with Crippen LogP contribution in [-0.4, -0.2) is 5.11 Å². The van der Waals surface area contributed by atoms with Gasteiger partial charge in [0.2, 0.25) is 0 Å². The van der Waals surface area contributed by atoms with Gasteiger partial charge in [-0.3, -0.25) is 5.32 Å². The molecule has 0 aromatic heterocycles. The molecular formula is C37H37NO. The molecule has 2 heteroatoms. The largest absolute Gasteiger partial charge is 0.508 e. The second-order valence-corrected chi connectivity index (χ2v) is 12.1. The van der Waals surface area contributed by atoms with Crippen LogP contribution >= 0.6 is 0 Å². The first-order valence-electron chi connectivity index (χ1n) is 14.6. The Morgan fingerprint density at radius 2 is 1.56 bits per heavy atom. The summed E-state index contributed by atoms with van der Waals surface area (Å²) < 4.78 is 0. The third kappa shape index (κ3) is 4.05. The van der Waals surface area contributed by atoms with E-state index in [4.69, 9.17) is 0 Å². The van der Waals surface area contributed by atoms with Gasteiger partial charge in [0, 0.05) is 11.6 Å². The molecule has 2 N–H and O–H groups in total. The first-order valence-corrected chi connectivity index (χ1v) is 14.6. The fraction of sp³-hybridized carbons (Fsp3) is 0.297. The van der Waals surface area contributed by atoms with Gasteiger partial charge in [-0.2, -0.15) is 0 Å². The topological polar surface area (TPSA) is 32.3 Å². The van der Waals surface area contributed by atoms with E-state index in [1.165, 1.54) is 63.9 Å². The number of nitrogens with one attached hydrogen (secondary N) is 1. The number of hydrogen-bond acceptors (Lipinski definition) is 2. The van der Waals surface area contributed by atoms with Crippen LogP contribution in [0.15, 0.2) is 97.1 Å². The predicted molar refractivity (Wildman–Crippen MR) is 162 cm³/mol. The summed E-state index contributed by atoms with van der Waals surface area (Å²) in [6.07, 6.45) is 6.37. The van der Waals surface area contributed by atoms with Crippen LogP contribution in [0.25, 0.3) is 21.5 Å². The van der Waals surface area contributed by atoms with Crippen molar-refractivity contribution < 1.29 is 5.11 Å². The molecule has 2 aliphatic rings.